The highest BCUT2D eigenvalue weighted by Gasteiger charge is 2.28. The molecule has 1 rings (SSSR count). The van der Waals surface area contributed by atoms with Gasteiger partial charge in [-0.25, -0.2) is 0 Å². The van der Waals surface area contributed by atoms with E-state index < -0.39 is 7.32 Å². The predicted octanol–water partition coefficient (Wildman–Crippen LogP) is 2.25. The van der Waals surface area contributed by atoms with Crippen LogP contribution in [0.2, 0.25) is 0 Å². The fraction of sp³-hybridized carbons (Fsp3) is 1.00. The van der Waals surface area contributed by atoms with E-state index in [4.69, 9.17) is 14.0 Å². The maximum absolute atomic E-state index is 5.76. The van der Waals surface area contributed by atoms with Crippen molar-refractivity contribution in [2.45, 2.75) is 59.4 Å². The van der Waals surface area contributed by atoms with E-state index in [0.29, 0.717) is 5.92 Å². The van der Waals surface area contributed by atoms with Crippen LogP contribution in [0.15, 0.2) is 0 Å². The first-order valence-corrected chi connectivity index (χ1v) is 5.31. The highest BCUT2D eigenvalue weighted by atomic mass is 16.8. The molecule has 0 amide bonds. The molecule has 14 heavy (non-hydrogen) atoms. The summed E-state index contributed by atoms with van der Waals surface area (Å²) in [6.45, 7) is 12.4. The van der Waals surface area contributed by atoms with Crippen molar-refractivity contribution in [3.05, 3.63) is 0 Å². The normalized spacial score (nSPS) is 30.2. The van der Waals surface area contributed by atoms with E-state index in [9.17, 15) is 0 Å². The molecule has 1 saturated heterocycles. The number of hydrogen-bond donors (Lipinski definition) is 0. The molecular weight excluding hydrogens is 179 g/mol. The molecule has 2 unspecified atom stereocenters. The minimum atomic E-state index is -0.502. The van der Waals surface area contributed by atoms with Gasteiger partial charge in [-0.15, -0.1) is 0 Å². The molecule has 0 aliphatic carbocycles. The van der Waals surface area contributed by atoms with Crippen LogP contribution in [0.1, 0.15) is 41.5 Å². The molecule has 0 bridgehead atoms. The second kappa shape index (κ2) is 4.21. The molecule has 0 N–H and O–H groups in total. The van der Waals surface area contributed by atoms with Crippen LogP contribution < -0.4 is 0 Å². The first-order chi connectivity index (χ1) is 6.33. The Morgan fingerprint density at radius 3 is 1.93 bits per heavy atom. The molecule has 1 fully saturated rings. The molecule has 0 aromatic rings. The third-order valence-corrected chi connectivity index (χ3v) is 3.10. The van der Waals surface area contributed by atoms with Crippen LogP contribution in [0.4, 0.5) is 0 Å². The van der Waals surface area contributed by atoms with Gasteiger partial charge in [0.1, 0.15) is 0 Å². The Kier molecular flexibility index (Phi) is 3.61. The smallest absolute Gasteiger partial charge is 0.305 e. The van der Waals surface area contributed by atoms with Crippen molar-refractivity contribution in [2.75, 3.05) is 0 Å². The van der Waals surface area contributed by atoms with Crippen LogP contribution in [0.3, 0.4) is 0 Å². The molecule has 0 spiro atoms. The van der Waals surface area contributed by atoms with Crippen molar-refractivity contribution < 1.29 is 14.0 Å². The number of hydrogen-bond acceptors (Lipinski definition) is 3. The first-order valence-electron chi connectivity index (χ1n) is 5.31. The summed E-state index contributed by atoms with van der Waals surface area (Å²) in [5.41, 5.74) is -0.214. The van der Waals surface area contributed by atoms with Gasteiger partial charge in [-0.1, -0.05) is 13.8 Å². The summed E-state index contributed by atoms with van der Waals surface area (Å²) in [7, 11) is -0.502. The summed E-state index contributed by atoms with van der Waals surface area (Å²) in [5.74, 6) is 0.431. The summed E-state index contributed by atoms with van der Waals surface area (Å²) < 4.78 is 16.8. The number of rotatable bonds is 3. The topological polar surface area (TPSA) is 27.7 Å². The molecule has 1 heterocycles. The lowest BCUT2D eigenvalue weighted by atomic mass is 9.93. The van der Waals surface area contributed by atoms with E-state index in [1.807, 2.05) is 13.8 Å². The molecule has 0 saturated carbocycles. The van der Waals surface area contributed by atoms with Gasteiger partial charge in [-0.05, 0) is 33.6 Å². The first kappa shape index (κ1) is 12.0. The average Bonchev–Trinajstić information content (AvgIpc) is 2.29. The van der Waals surface area contributed by atoms with Crippen molar-refractivity contribution in [1.29, 1.82) is 0 Å². The van der Waals surface area contributed by atoms with Gasteiger partial charge in [-0.3, -0.25) is 0 Å². The van der Waals surface area contributed by atoms with Crippen LogP contribution in [-0.4, -0.2) is 25.1 Å². The van der Waals surface area contributed by atoms with Gasteiger partial charge in [0.15, 0.2) is 0 Å². The SMILES string of the molecule is CC1O[B-](OC(C)(C)C(C)C)OC1C. The Labute approximate surface area is 87.3 Å². The van der Waals surface area contributed by atoms with E-state index in [2.05, 4.69) is 27.7 Å². The second-order valence-corrected chi connectivity index (χ2v) is 4.85. The Balaban J connectivity index is 2.46. The molecule has 1 radical (unpaired) electrons. The van der Waals surface area contributed by atoms with Gasteiger partial charge in [0, 0.05) is 17.8 Å². The fourth-order valence-electron chi connectivity index (χ4n) is 1.04. The zero-order chi connectivity index (χ0) is 10.9. The Morgan fingerprint density at radius 1 is 1.14 bits per heavy atom. The molecular formula is C10H21BO3-. The van der Waals surface area contributed by atoms with E-state index in [0.717, 1.165) is 0 Å². The van der Waals surface area contributed by atoms with Gasteiger partial charge in [0.2, 0.25) is 0 Å². The fourth-order valence-corrected chi connectivity index (χ4v) is 1.04. The standard InChI is InChI=1S/C10H21BO3/c1-7(2)10(5,6)14-11-12-8(3)9(4)13-11/h7-9H,1-6H3/q-1. The van der Waals surface area contributed by atoms with Crippen LogP contribution in [0.25, 0.3) is 0 Å². The highest BCUT2D eigenvalue weighted by molar-refractivity contribution is 6.37. The lowest BCUT2D eigenvalue weighted by Crippen LogP contribution is -2.39. The molecule has 1 aliphatic heterocycles. The van der Waals surface area contributed by atoms with Crippen LogP contribution in [0, 0.1) is 5.92 Å². The Morgan fingerprint density at radius 2 is 1.57 bits per heavy atom. The molecule has 0 aromatic heterocycles. The zero-order valence-electron chi connectivity index (χ0n) is 10.0. The van der Waals surface area contributed by atoms with Crippen molar-refractivity contribution in [3.63, 3.8) is 0 Å². The largest absolute Gasteiger partial charge is 0.563 e. The van der Waals surface area contributed by atoms with Crippen LogP contribution in [0.5, 0.6) is 0 Å². The third-order valence-electron chi connectivity index (χ3n) is 3.10. The molecule has 0 aromatic carbocycles. The Bertz CT molecular complexity index is 184. The summed E-state index contributed by atoms with van der Waals surface area (Å²) in [6, 6.07) is 0. The molecule has 3 nitrogen and oxygen atoms in total. The Hall–Kier alpha value is -0.0551. The van der Waals surface area contributed by atoms with Crippen molar-refractivity contribution in [2.24, 2.45) is 5.92 Å². The molecule has 1 aliphatic rings. The minimum absolute atomic E-state index is 0.114. The molecule has 83 valence electrons. The summed E-state index contributed by atoms with van der Waals surface area (Å²) in [5, 5.41) is 0. The molecule has 2 atom stereocenters. The van der Waals surface area contributed by atoms with Gasteiger partial charge >= 0.3 is 7.32 Å². The summed E-state index contributed by atoms with van der Waals surface area (Å²) in [4.78, 5) is 0. The van der Waals surface area contributed by atoms with Crippen molar-refractivity contribution >= 4 is 7.32 Å². The van der Waals surface area contributed by atoms with E-state index >= 15 is 0 Å². The maximum atomic E-state index is 5.76. The van der Waals surface area contributed by atoms with Crippen molar-refractivity contribution in [3.8, 4) is 0 Å². The molecule has 4 heteroatoms. The zero-order valence-corrected chi connectivity index (χ0v) is 10.0. The second-order valence-electron chi connectivity index (χ2n) is 4.85. The summed E-state index contributed by atoms with van der Waals surface area (Å²) in [6.07, 6.45) is 0.228. The average molecular weight is 200 g/mol. The van der Waals surface area contributed by atoms with Gasteiger partial charge in [0.25, 0.3) is 0 Å². The van der Waals surface area contributed by atoms with Gasteiger partial charge < -0.3 is 14.0 Å². The maximum Gasteiger partial charge on any atom is 0.305 e. The quantitative estimate of drug-likeness (QED) is 0.654. The van der Waals surface area contributed by atoms with E-state index in [1.165, 1.54) is 0 Å². The van der Waals surface area contributed by atoms with Crippen LogP contribution >= 0.6 is 0 Å². The highest BCUT2D eigenvalue weighted by Crippen LogP contribution is 2.25. The lowest BCUT2D eigenvalue weighted by molar-refractivity contribution is 0.00775. The van der Waals surface area contributed by atoms with E-state index in [1.54, 1.807) is 0 Å². The summed E-state index contributed by atoms with van der Waals surface area (Å²) >= 11 is 0. The lowest BCUT2D eigenvalue weighted by Gasteiger charge is -2.39. The van der Waals surface area contributed by atoms with Gasteiger partial charge in [-0.2, -0.15) is 0 Å². The van der Waals surface area contributed by atoms with Gasteiger partial charge in [0.05, 0.1) is 0 Å². The third kappa shape index (κ3) is 2.72. The predicted molar refractivity (Wildman–Crippen MR) is 56.9 cm³/mol. The monoisotopic (exact) mass is 200 g/mol. The minimum Gasteiger partial charge on any atom is -0.563 e. The van der Waals surface area contributed by atoms with E-state index in [-0.39, 0.29) is 17.8 Å². The van der Waals surface area contributed by atoms with Crippen LogP contribution in [-0.2, 0) is 14.0 Å². The van der Waals surface area contributed by atoms with Crippen molar-refractivity contribution in [1.82, 2.24) is 0 Å².